The Morgan fingerprint density at radius 3 is 2.56 bits per heavy atom. The molecular formula is C11H18N2O4S. The molecular weight excluding hydrogens is 256 g/mol. The predicted molar refractivity (Wildman–Crippen MR) is 66.7 cm³/mol. The van der Waals surface area contributed by atoms with Crippen LogP contribution < -0.4 is 0 Å². The number of sulfonamides is 1. The third-order valence-corrected chi connectivity index (χ3v) is 4.73. The number of hydrogen-bond acceptors (Lipinski definition) is 3. The van der Waals surface area contributed by atoms with Crippen LogP contribution in [0.2, 0.25) is 0 Å². The molecule has 0 aliphatic heterocycles. The number of aromatic nitrogens is 1. The van der Waals surface area contributed by atoms with E-state index >= 15 is 0 Å². The van der Waals surface area contributed by atoms with E-state index in [1.54, 1.807) is 24.7 Å². The minimum absolute atomic E-state index is 0.117. The Bertz CT molecular complexity index is 521. The second-order valence-corrected chi connectivity index (χ2v) is 6.10. The van der Waals surface area contributed by atoms with Crippen molar-refractivity contribution in [3.05, 3.63) is 18.5 Å². The molecule has 0 radical (unpaired) electrons. The van der Waals surface area contributed by atoms with E-state index in [-0.39, 0.29) is 10.9 Å². The molecule has 7 heteroatoms. The third-order valence-electron chi connectivity index (χ3n) is 2.78. The summed E-state index contributed by atoms with van der Waals surface area (Å²) < 4.78 is 27.3. The first-order valence-corrected chi connectivity index (χ1v) is 7.08. The minimum Gasteiger partial charge on any atom is -0.480 e. The van der Waals surface area contributed by atoms with Gasteiger partial charge in [-0.1, -0.05) is 6.92 Å². The molecule has 1 unspecified atom stereocenters. The predicted octanol–water partition coefficient (Wildman–Crippen LogP) is 0.899. The van der Waals surface area contributed by atoms with E-state index in [0.717, 1.165) is 4.31 Å². The molecule has 0 saturated heterocycles. The van der Waals surface area contributed by atoms with Gasteiger partial charge in [-0.05, 0) is 19.4 Å². The van der Waals surface area contributed by atoms with Crippen LogP contribution in [-0.4, -0.2) is 41.0 Å². The molecule has 1 aromatic rings. The molecule has 1 aromatic heterocycles. The molecule has 0 fully saturated rings. The fourth-order valence-electron chi connectivity index (χ4n) is 1.58. The van der Waals surface area contributed by atoms with Crippen LogP contribution in [0.15, 0.2) is 23.4 Å². The van der Waals surface area contributed by atoms with E-state index in [4.69, 9.17) is 5.11 Å². The number of carboxylic acids is 1. The first-order chi connectivity index (χ1) is 8.28. The molecule has 1 N–H and O–H groups in total. The van der Waals surface area contributed by atoms with E-state index in [1.165, 1.54) is 12.3 Å². The van der Waals surface area contributed by atoms with Crippen LogP contribution in [0.1, 0.15) is 20.3 Å². The van der Waals surface area contributed by atoms with Crippen molar-refractivity contribution in [2.24, 2.45) is 7.05 Å². The van der Waals surface area contributed by atoms with Crippen LogP contribution in [0.3, 0.4) is 0 Å². The molecule has 0 aromatic carbocycles. The van der Waals surface area contributed by atoms with Gasteiger partial charge in [-0.2, -0.15) is 4.31 Å². The Morgan fingerprint density at radius 1 is 1.56 bits per heavy atom. The quantitative estimate of drug-likeness (QED) is 0.835. The van der Waals surface area contributed by atoms with Crippen LogP contribution in [0, 0.1) is 0 Å². The van der Waals surface area contributed by atoms with Gasteiger partial charge in [0.25, 0.3) is 0 Å². The highest BCUT2D eigenvalue weighted by Crippen LogP contribution is 2.19. The lowest BCUT2D eigenvalue weighted by Crippen LogP contribution is -2.41. The monoisotopic (exact) mass is 274 g/mol. The van der Waals surface area contributed by atoms with Crippen LogP contribution in [-0.2, 0) is 21.9 Å². The molecule has 0 aliphatic rings. The summed E-state index contributed by atoms with van der Waals surface area (Å²) in [4.78, 5) is 10.9. The molecule has 1 heterocycles. The van der Waals surface area contributed by atoms with Gasteiger partial charge < -0.3 is 9.67 Å². The number of carbonyl (C=O) groups is 1. The van der Waals surface area contributed by atoms with Crippen LogP contribution >= 0.6 is 0 Å². The number of rotatable bonds is 6. The summed E-state index contributed by atoms with van der Waals surface area (Å²) in [7, 11) is -2.04. The maximum atomic E-state index is 12.3. The number of hydrogen-bond donors (Lipinski definition) is 1. The average Bonchev–Trinajstić information content (AvgIpc) is 2.72. The zero-order valence-corrected chi connectivity index (χ0v) is 11.5. The maximum absolute atomic E-state index is 12.3. The molecule has 18 heavy (non-hydrogen) atoms. The van der Waals surface area contributed by atoms with Gasteiger partial charge in [0.05, 0.1) is 4.90 Å². The van der Waals surface area contributed by atoms with Crippen molar-refractivity contribution < 1.29 is 18.3 Å². The van der Waals surface area contributed by atoms with Crippen LogP contribution in [0.4, 0.5) is 0 Å². The van der Waals surface area contributed by atoms with E-state index in [9.17, 15) is 13.2 Å². The zero-order valence-electron chi connectivity index (χ0n) is 10.7. The topological polar surface area (TPSA) is 79.6 Å². The fourth-order valence-corrected chi connectivity index (χ4v) is 3.29. The van der Waals surface area contributed by atoms with Crippen molar-refractivity contribution in [2.45, 2.75) is 31.2 Å². The molecule has 0 amide bonds. The SMILES string of the molecule is CCC(C)N(CC(=O)O)S(=O)(=O)c1ccn(C)c1. The smallest absolute Gasteiger partial charge is 0.318 e. The van der Waals surface area contributed by atoms with E-state index < -0.39 is 22.5 Å². The lowest BCUT2D eigenvalue weighted by molar-refractivity contribution is -0.137. The molecule has 0 saturated carbocycles. The van der Waals surface area contributed by atoms with Crippen molar-refractivity contribution in [1.29, 1.82) is 0 Å². The first kappa shape index (κ1) is 14.7. The largest absolute Gasteiger partial charge is 0.480 e. The van der Waals surface area contributed by atoms with Crippen molar-refractivity contribution in [1.82, 2.24) is 8.87 Å². The van der Waals surface area contributed by atoms with E-state index in [2.05, 4.69) is 0 Å². The molecule has 1 atom stereocenters. The highest BCUT2D eigenvalue weighted by atomic mass is 32.2. The average molecular weight is 274 g/mol. The minimum atomic E-state index is -3.75. The first-order valence-electron chi connectivity index (χ1n) is 5.64. The van der Waals surface area contributed by atoms with Crippen molar-refractivity contribution in [3.63, 3.8) is 0 Å². The molecule has 102 valence electrons. The summed E-state index contributed by atoms with van der Waals surface area (Å²) >= 11 is 0. The van der Waals surface area contributed by atoms with Crippen LogP contribution in [0.5, 0.6) is 0 Å². The van der Waals surface area contributed by atoms with Gasteiger partial charge >= 0.3 is 5.97 Å². The van der Waals surface area contributed by atoms with Gasteiger partial charge in [0.1, 0.15) is 6.54 Å². The summed E-state index contributed by atoms with van der Waals surface area (Å²) in [6.45, 7) is 3.00. The highest BCUT2D eigenvalue weighted by Gasteiger charge is 2.30. The molecule has 0 spiro atoms. The molecule has 6 nitrogen and oxygen atoms in total. The Morgan fingerprint density at radius 2 is 2.17 bits per heavy atom. The van der Waals surface area contributed by atoms with E-state index in [0.29, 0.717) is 6.42 Å². The highest BCUT2D eigenvalue weighted by molar-refractivity contribution is 7.89. The summed E-state index contributed by atoms with van der Waals surface area (Å²) in [6, 6.07) is 1.11. The van der Waals surface area contributed by atoms with Gasteiger partial charge in [0.2, 0.25) is 10.0 Å². The van der Waals surface area contributed by atoms with Gasteiger partial charge in [0.15, 0.2) is 0 Å². The Balaban J connectivity index is 3.15. The van der Waals surface area contributed by atoms with E-state index in [1.807, 2.05) is 6.92 Å². The number of aryl methyl sites for hydroxylation is 1. The second-order valence-electron chi connectivity index (χ2n) is 4.21. The van der Waals surface area contributed by atoms with Crippen molar-refractivity contribution >= 4 is 16.0 Å². The van der Waals surface area contributed by atoms with Gasteiger partial charge in [-0.25, -0.2) is 8.42 Å². The Labute approximate surface area is 107 Å². The normalized spacial score (nSPS) is 13.8. The fraction of sp³-hybridized carbons (Fsp3) is 0.545. The third kappa shape index (κ3) is 3.11. The lowest BCUT2D eigenvalue weighted by atomic mass is 10.2. The lowest BCUT2D eigenvalue weighted by Gasteiger charge is -2.25. The van der Waals surface area contributed by atoms with Crippen LogP contribution in [0.25, 0.3) is 0 Å². The van der Waals surface area contributed by atoms with Crippen molar-refractivity contribution in [2.75, 3.05) is 6.54 Å². The number of nitrogens with zero attached hydrogens (tertiary/aromatic N) is 2. The molecule has 0 aliphatic carbocycles. The maximum Gasteiger partial charge on any atom is 0.318 e. The zero-order chi connectivity index (χ0) is 13.9. The molecule has 0 bridgehead atoms. The Kier molecular flexibility index (Phi) is 4.53. The molecule has 1 rings (SSSR count). The standard InChI is InChI=1S/C11H18N2O4S/c1-4-9(2)13(8-11(14)15)18(16,17)10-5-6-12(3)7-10/h5-7,9H,4,8H2,1-3H3,(H,14,15). The summed E-state index contributed by atoms with van der Waals surface area (Å²) in [6.07, 6.45) is 3.63. The summed E-state index contributed by atoms with van der Waals surface area (Å²) in [5.74, 6) is -1.16. The number of carboxylic acid groups (broad SMARTS) is 1. The van der Waals surface area contributed by atoms with Crippen molar-refractivity contribution in [3.8, 4) is 0 Å². The Hall–Kier alpha value is -1.34. The van der Waals surface area contributed by atoms with Gasteiger partial charge in [-0.3, -0.25) is 4.79 Å². The van der Waals surface area contributed by atoms with Gasteiger partial charge in [-0.15, -0.1) is 0 Å². The number of aliphatic carboxylic acids is 1. The summed E-state index contributed by atoms with van der Waals surface area (Å²) in [5, 5.41) is 8.83. The summed E-state index contributed by atoms with van der Waals surface area (Å²) in [5.41, 5.74) is 0. The van der Waals surface area contributed by atoms with Gasteiger partial charge in [0, 0.05) is 25.5 Å². The second kappa shape index (κ2) is 5.53.